The molecule has 0 aliphatic carbocycles. The molecule has 0 saturated heterocycles. The van der Waals surface area contributed by atoms with Gasteiger partial charge in [0.1, 0.15) is 12.6 Å². The summed E-state index contributed by atoms with van der Waals surface area (Å²) in [5, 5.41) is 3.26. The van der Waals surface area contributed by atoms with E-state index in [1.54, 1.807) is 37.3 Å². The summed E-state index contributed by atoms with van der Waals surface area (Å²) in [6.45, 7) is 5.58. The third kappa shape index (κ3) is 8.06. The molecular weight excluding hydrogens is 602 g/mol. The lowest BCUT2D eigenvalue weighted by Crippen LogP contribution is -2.51. The van der Waals surface area contributed by atoms with E-state index in [2.05, 4.69) is 21.2 Å². The molecule has 3 aromatic carbocycles. The molecule has 0 radical (unpaired) electrons. The van der Waals surface area contributed by atoms with Crippen molar-refractivity contribution >= 4 is 55.1 Å². The first-order valence-corrected chi connectivity index (χ1v) is 15.3. The van der Waals surface area contributed by atoms with Crippen LogP contribution in [0.15, 0.2) is 82.2 Å². The van der Waals surface area contributed by atoms with Gasteiger partial charge in [-0.25, -0.2) is 8.42 Å². The monoisotopic (exact) mass is 633 g/mol. The number of hydrogen-bond donors (Lipinski definition) is 1. The van der Waals surface area contributed by atoms with Gasteiger partial charge in [-0.3, -0.25) is 13.9 Å². The molecule has 39 heavy (non-hydrogen) atoms. The van der Waals surface area contributed by atoms with Crippen LogP contribution in [0.4, 0.5) is 5.69 Å². The Morgan fingerprint density at radius 3 is 2.38 bits per heavy atom. The number of anilines is 1. The second-order valence-electron chi connectivity index (χ2n) is 9.23. The second-order valence-corrected chi connectivity index (χ2v) is 12.4. The molecule has 1 N–H and O–H groups in total. The molecule has 3 rings (SSSR count). The molecule has 10 heteroatoms. The minimum atomic E-state index is -4.14. The van der Waals surface area contributed by atoms with E-state index in [4.69, 9.17) is 11.6 Å². The van der Waals surface area contributed by atoms with Gasteiger partial charge in [0.05, 0.1) is 10.6 Å². The lowest BCUT2D eigenvalue weighted by molar-refractivity contribution is -0.139. The molecule has 0 fully saturated rings. The first-order valence-electron chi connectivity index (χ1n) is 12.7. The number of rotatable bonds is 12. The van der Waals surface area contributed by atoms with Crippen molar-refractivity contribution in [1.82, 2.24) is 10.2 Å². The Balaban J connectivity index is 2.01. The van der Waals surface area contributed by atoms with Crippen LogP contribution in [0.5, 0.6) is 0 Å². The third-order valence-corrected chi connectivity index (χ3v) is 8.98. The average Bonchev–Trinajstić information content (AvgIpc) is 2.92. The van der Waals surface area contributed by atoms with Crippen LogP contribution in [0.3, 0.4) is 0 Å². The standard InChI is InChI=1S/C29H33BrClN3O4S/c1-4-5-16-32-29(36)22(3)33(19-23-10-9-11-24(30)17-23)28(35)20-34(25-15-14-21(2)27(31)18-25)39(37,38)26-12-7-6-8-13-26/h6-15,17-18,22H,4-5,16,19-20H2,1-3H3,(H,32,36)/t22-/m1/s1. The highest BCUT2D eigenvalue weighted by Crippen LogP contribution is 2.28. The van der Waals surface area contributed by atoms with Crippen molar-refractivity contribution in [2.24, 2.45) is 0 Å². The Morgan fingerprint density at radius 1 is 1.03 bits per heavy atom. The largest absolute Gasteiger partial charge is 0.354 e. The first kappa shape index (κ1) is 30.7. The lowest BCUT2D eigenvalue weighted by Gasteiger charge is -2.32. The number of amides is 2. The van der Waals surface area contributed by atoms with Crippen LogP contribution in [0.25, 0.3) is 0 Å². The Labute approximate surface area is 244 Å². The zero-order valence-corrected chi connectivity index (χ0v) is 25.4. The highest BCUT2D eigenvalue weighted by Gasteiger charge is 2.32. The number of carbonyl (C=O) groups is 2. The van der Waals surface area contributed by atoms with Crippen molar-refractivity contribution in [2.45, 2.75) is 51.1 Å². The Morgan fingerprint density at radius 2 is 1.74 bits per heavy atom. The van der Waals surface area contributed by atoms with Crippen LogP contribution in [-0.4, -0.2) is 44.3 Å². The molecule has 7 nitrogen and oxygen atoms in total. The average molecular weight is 635 g/mol. The van der Waals surface area contributed by atoms with E-state index in [-0.39, 0.29) is 23.0 Å². The molecule has 0 saturated carbocycles. The molecule has 0 heterocycles. The summed E-state index contributed by atoms with van der Waals surface area (Å²) in [7, 11) is -4.14. The molecule has 0 spiro atoms. The third-order valence-electron chi connectivity index (χ3n) is 6.29. The number of unbranched alkanes of at least 4 members (excludes halogenated alkanes) is 1. The van der Waals surface area contributed by atoms with Gasteiger partial charge in [-0.1, -0.05) is 77.3 Å². The zero-order chi connectivity index (χ0) is 28.6. The van der Waals surface area contributed by atoms with Crippen molar-refractivity contribution < 1.29 is 18.0 Å². The summed E-state index contributed by atoms with van der Waals surface area (Å²) in [5.41, 5.74) is 1.82. The fraction of sp³-hybridized carbons (Fsp3) is 0.310. The van der Waals surface area contributed by atoms with Gasteiger partial charge in [0.2, 0.25) is 11.8 Å². The highest BCUT2D eigenvalue weighted by molar-refractivity contribution is 9.10. The molecule has 208 valence electrons. The van der Waals surface area contributed by atoms with E-state index in [0.717, 1.165) is 32.7 Å². The Bertz CT molecular complexity index is 1400. The minimum Gasteiger partial charge on any atom is -0.354 e. The van der Waals surface area contributed by atoms with Crippen molar-refractivity contribution in [3.63, 3.8) is 0 Å². The molecular formula is C29H33BrClN3O4S. The van der Waals surface area contributed by atoms with E-state index < -0.39 is 28.5 Å². The van der Waals surface area contributed by atoms with Crippen LogP contribution < -0.4 is 9.62 Å². The van der Waals surface area contributed by atoms with E-state index in [1.807, 2.05) is 38.1 Å². The maximum atomic E-state index is 13.9. The van der Waals surface area contributed by atoms with Crippen molar-refractivity contribution in [3.05, 3.63) is 93.4 Å². The van der Waals surface area contributed by atoms with Crippen molar-refractivity contribution in [2.75, 3.05) is 17.4 Å². The normalized spacial score (nSPS) is 12.0. The maximum absolute atomic E-state index is 13.9. The Kier molecular flexibility index (Phi) is 11.0. The number of halogens is 2. The predicted octanol–water partition coefficient (Wildman–Crippen LogP) is 5.94. The molecule has 1 atom stereocenters. The van der Waals surface area contributed by atoms with Gasteiger partial charge in [-0.15, -0.1) is 0 Å². The number of aryl methyl sites for hydroxylation is 1. The van der Waals surface area contributed by atoms with Gasteiger partial charge >= 0.3 is 0 Å². The smallest absolute Gasteiger partial charge is 0.264 e. The molecule has 3 aromatic rings. The zero-order valence-electron chi connectivity index (χ0n) is 22.2. The number of sulfonamides is 1. The fourth-order valence-corrected chi connectivity index (χ4v) is 5.98. The molecule has 0 aliphatic rings. The molecule has 0 aromatic heterocycles. The van der Waals surface area contributed by atoms with Crippen LogP contribution in [0, 0.1) is 6.92 Å². The van der Waals surface area contributed by atoms with Gasteiger partial charge in [-0.05, 0) is 67.8 Å². The molecule has 0 aliphatic heterocycles. The Hall–Kier alpha value is -2.88. The van der Waals surface area contributed by atoms with Crippen LogP contribution in [-0.2, 0) is 26.2 Å². The molecule has 0 bridgehead atoms. The molecule has 0 unspecified atom stereocenters. The van der Waals surface area contributed by atoms with E-state index >= 15 is 0 Å². The van der Waals surface area contributed by atoms with Crippen molar-refractivity contribution in [3.8, 4) is 0 Å². The summed E-state index contributed by atoms with van der Waals surface area (Å²) >= 11 is 9.80. The summed E-state index contributed by atoms with van der Waals surface area (Å²) in [6, 6.07) is 19.4. The summed E-state index contributed by atoms with van der Waals surface area (Å²) in [5.74, 6) is -0.827. The number of nitrogens with zero attached hydrogens (tertiary/aromatic N) is 2. The van der Waals surface area contributed by atoms with E-state index in [9.17, 15) is 18.0 Å². The summed E-state index contributed by atoms with van der Waals surface area (Å²) in [4.78, 5) is 28.4. The molecule has 2 amide bonds. The fourth-order valence-electron chi connectivity index (χ4n) is 3.94. The predicted molar refractivity (Wildman–Crippen MR) is 159 cm³/mol. The minimum absolute atomic E-state index is 0.0402. The summed E-state index contributed by atoms with van der Waals surface area (Å²) in [6.07, 6.45) is 1.73. The van der Waals surface area contributed by atoms with Gasteiger partial charge in [-0.2, -0.15) is 0 Å². The second kappa shape index (κ2) is 14.0. The van der Waals surface area contributed by atoms with Gasteiger partial charge in [0, 0.05) is 22.6 Å². The van der Waals surface area contributed by atoms with E-state index in [1.165, 1.54) is 23.1 Å². The highest BCUT2D eigenvalue weighted by atomic mass is 79.9. The number of hydrogen-bond acceptors (Lipinski definition) is 4. The first-order chi connectivity index (χ1) is 18.5. The van der Waals surface area contributed by atoms with Crippen LogP contribution in [0.1, 0.15) is 37.8 Å². The van der Waals surface area contributed by atoms with Crippen molar-refractivity contribution in [1.29, 1.82) is 0 Å². The topological polar surface area (TPSA) is 86.8 Å². The number of carbonyl (C=O) groups excluding carboxylic acids is 2. The van der Waals surface area contributed by atoms with E-state index in [0.29, 0.717) is 11.6 Å². The number of nitrogens with one attached hydrogen (secondary N) is 1. The van der Waals surface area contributed by atoms with Crippen LogP contribution >= 0.6 is 27.5 Å². The summed E-state index contributed by atoms with van der Waals surface area (Å²) < 4.78 is 29.5. The van der Waals surface area contributed by atoms with Gasteiger partial charge < -0.3 is 10.2 Å². The van der Waals surface area contributed by atoms with Gasteiger partial charge in [0.15, 0.2) is 0 Å². The van der Waals surface area contributed by atoms with Gasteiger partial charge in [0.25, 0.3) is 10.0 Å². The number of benzene rings is 3. The van der Waals surface area contributed by atoms with Crippen LogP contribution in [0.2, 0.25) is 5.02 Å². The maximum Gasteiger partial charge on any atom is 0.264 e. The quantitative estimate of drug-likeness (QED) is 0.250. The lowest BCUT2D eigenvalue weighted by atomic mass is 10.1. The SMILES string of the molecule is CCCCNC(=O)[C@@H](C)N(Cc1cccc(Br)c1)C(=O)CN(c1ccc(C)c(Cl)c1)S(=O)(=O)c1ccccc1.